The van der Waals surface area contributed by atoms with Crippen LogP contribution < -0.4 is 29.7 Å². The number of benzene rings is 3. The average Bonchev–Trinajstić information content (AvgIpc) is 3.50. The molecule has 1 aliphatic heterocycles. The van der Waals surface area contributed by atoms with Crippen LogP contribution in [0.1, 0.15) is 41.0 Å². The molecule has 10 heteroatoms. The monoisotopic (exact) mass is 652 g/mol. The topological polar surface area (TPSA) is 86.9 Å². The number of methoxy groups -OCH3 is 2. The minimum Gasteiger partial charge on any atom is -0.497 e. The smallest absolute Gasteiger partial charge is 0.271 e. The molecule has 0 unspecified atom stereocenters. The molecule has 0 aliphatic carbocycles. The van der Waals surface area contributed by atoms with Crippen molar-refractivity contribution >= 4 is 40.6 Å². The Kier molecular flexibility index (Phi) is 8.46. The van der Waals surface area contributed by atoms with Crippen molar-refractivity contribution in [2.75, 3.05) is 19.5 Å². The van der Waals surface area contributed by atoms with E-state index in [0.717, 1.165) is 28.2 Å². The zero-order valence-electron chi connectivity index (χ0n) is 26.3. The molecular weight excluding hydrogens is 620 g/mol. The van der Waals surface area contributed by atoms with Gasteiger partial charge in [-0.3, -0.25) is 14.2 Å². The number of carbonyl (C=O) groups excluding carboxylic acids is 1. The van der Waals surface area contributed by atoms with Crippen LogP contribution >= 0.6 is 22.9 Å². The Morgan fingerprint density at radius 2 is 1.74 bits per heavy atom. The number of halogens is 1. The summed E-state index contributed by atoms with van der Waals surface area (Å²) >= 11 is 7.74. The molecule has 1 N–H and O–H groups in total. The molecular formula is C36H33ClN4O4S. The number of aromatic nitrogens is 2. The highest BCUT2D eigenvalue weighted by atomic mass is 35.5. The number of nitrogens with one attached hydrogen (secondary N) is 1. The lowest BCUT2D eigenvalue weighted by molar-refractivity contribution is -0.113. The summed E-state index contributed by atoms with van der Waals surface area (Å²) in [4.78, 5) is 33.6. The maximum Gasteiger partial charge on any atom is 0.271 e. The first-order valence-corrected chi connectivity index (χ1v) is 15.9. The quantitative estimate of drug-likeness (QED) is 0.225. The molecule has 0 radical (unpaired) electrons. The fourth-order valence-electron chi connectivity index (χ4n) is 5.86. The molecule has 0 saturated heterocycles. The Hall–Kier alpha value is -4.86. The highest BCUT2D eigenvalue weighted by molar-refractivity contribution is 7.07. The van der Waals surface area contributed by atoms with Gasteiger partial charge in [0.05, 0.1) is 30.0 Å². The Balaban J connectivity index is 1.52. The number of fused-ring (bicyclic) bond motifs is 1. The van der Waals surface area contributed by atoms with E-state index in [1.807, 2.05) is 81.4 Å². The van der Waals surface area contributed by atoms with Crippen LogP contribution in [0.2, 0.25) is 5.02 Å². The third-order valence-corrected chi connectivity index (χ3v) is 9.59. The molecule has 3 heterocycles. The highest BCUT2D eigenvalue weighted by Crippen LogP contribution is 2.37. The molecule has 0 spiro atoms. The summed E-state index contributed by atoms with van der Waals surface area (Å²) in [5.74, 6) is 0.720. The molecule has 1 aliphatic rings. The van der Waals surface area contributed by atoms with Gasteiger partial charge in [-0.1, -0.05) is 47.2 Å². The second-order valence-corrected chi connectivity index (χ2v) is 12.5. The molecule has 1 amide bonds. The van der Waals surface area contributed by atoms with Crippen LogP contribution in [-0.4, -0.2) is 29.3 Å². The fraction of sp³-hybridized carbons (Fsp3) is 0.194. The van der Waals surface area contributed by atoms with E-state index in [9.17, 15) is 9.59 Å². The third-order valence-electron chi connectivity index (χ3n) is 8.20. The lowest BCUT2D eigenvalue weighted by atomic mass is 9.94. The number of rotatable bonds is 7. The van der Waals surface area contributed by atoms with Gasteiger partial charge in [0.15, 0.2) is 4.80 Å². The fourth-order valence-corrected chi connectivity index (χ4v) is 7.08. The molecule has 0 saturated carbocycles. The Bertz CT molecular complexity index is 2210. The van der Waals surface area contributed by atoms with Crippen LogP contribution in [0.4, 0.5) is 5.69 Å². The molecule has 0 bridgehead atoms. The van der Waals surface area contributed by atoms with Crippen LogP contribution in [0.25, 0.3) is 11.8 Å². The van der Waals surface area contributed by atoms with Crippen molar-refractivity contribution in [3.8, 4) is 17.2 Å². The summed E-state index contributed by atoms with van der Waals surface area (Å²) < 4.78 is 15.4. The SMILES string of the molecule is COc1ccc([C@@H]2C(C(=O)Nc3ccccc3)=C(C)N=c3s/c(=C\c4cc(C)n(-c5ccc(C)c(Cl)c5)c4C)c(=O)n32)c(OC)c1. The zero-order valence-corrected chi connectivity index (χ0v) is 27.9. The molecule has 46 heavy (non-hydrogen) atoms. The van der Waals surface area contributed by atoms with Crippen molar-refractivity contribution in [1.82, 2.24) is 9.13 Å². The molecule has 1 atom stereocenters. The van der Waals surface area contributed by atoms with Crippen molar-refractivity contribution in [3.05, 3.63) is 137 Å². The van der Waals surface area contributed by atoms with Gasteiger partial charge >= 0.3 is 0 Å². The summed E-state index contributed by atoms with van der Waals surface area (Å²) in [6, 6.07) is 21.8. The van der Waals surface area contributed by atoms with E-state index in [0.29, 0.717) is 48.4 Å². The maximum absolute atomic E-state index is 14.4. The molecule has 8 nitrogen and oxygen atoms in total. The molecule has 2 aromatic heterocycles. The van der Waals surface area contributed by atoms with Crippen molar-refractivity contribution in [3.63, 3.8) is 0 Å². The first kappa shape index (κ1) is 31.1. The number of allylic oxidation sites excluding steroid dienone is 1. The summed E-state index contributed by atoms with van der Waals surface area (Å²) in [6.07, 6.45) is 1.89. The van der Waals surface area contributed by atoms with Crippen LogP contribution in [0, 0.1) is 20.8 Å². The summed E-state index contributed by atoms with van der Waals surface area (Å²) in [5.41, 5.74) is 6.70. The van der Waals surface area contributed by atoms with Crippen molar-refractivity contribution in [2.45, 2.75) is 33.7 Å². The molecule has 5 aromatic rings. The van der Waals surface area contributed by atoms with E-state index < -0.39 is 6.04 Å². The number of para-hydroxylation sites is 1. The van der Waals surface area contributed by atoms with E-state index in [1.54, 1.807) is 37.8 Å². The number of amides is 1. The van der Waals surface area contributed by atoms with Gasteiger partial charge in [0.2, 0.25) is 0 Å². The van der Waals surface area contributed by atoms with E-state index in [2.05, 4.69) is 16.0 Å². The highest BCUT2D eigenvalue weighted by Gasteiger charge is 2.34. The Morgan fingerprint density at radius 1 is 0.978 bits per heavy atom. The lowest BCUT2D eigenvalue weighted by Gasteiger charge is -2.26. The largest absolute Gasteiger partial charge is 0.497 e. The Morgan fingerprint density at radius 3 is 2.43 bits per heavy atom. The first-order chi connectivity index (χ1) is 22.1. The molecule has 6 rings (SSSR count). The van der Waals surface area contributed by atoms with Gasteiger partial charge < -0.3 is 19.4 Å². The molecule has 0 fully saturated rings. The van der Waals surface area contributed by atoms with Crippen LogP contribution in [-0.2, 0) is 4.79 Å². The minimum absolute atomic E-state index is 0.257. The predicted molar refractivity (Wildman–Crippen MR) is 183 cm³/mol. The van der Waals surface area contributed by atoms with Crippen molar-refractivity contribution < 1.29 is 14.3 Å². The van der Waals surface area contributed by atoms with Gasteiger partial charge in [0.1, 0.15) is 17.5 Å². The number of anilines is 1. The van der Waals surface area contributed by atoms with Gasteiger partial charge in [-0.15, -0.1) is 0 Å². The van der Waals surface area contributed by atoms with Gasteiger partial charge in [-0.05, 0) is 87.4 Å². The average molecular weight is 653 g/mol. The van der Waals surface area contributed by atoms with Gasteiger partial charge in [-0.2, -0.15) is 0 Å². The third kappa shape index (κ3) is 5.57. The van der Waals surface area contributed by atoms with Gasteiger partial charge in [-0.25, -0.2) is 4.99 Å². The van der Waals surface area contributed by atoms with Crippen LogP contribution in [0.15, 0.2) is 93.9 Å². The van der Waals surface area contributed by atoms with Crippen LogP contribution in [0.5, 0.6) is 11.5 Å². The molecule has 234 valence electrons. The normalized spacial score (nSPS) is 14.6. The lowest BCUT2D eigenvalue weighted by Crippen LogP contribution is -2.40. The number of carbonyl (C=O) groups is 1. The number of thiazole rings is 1. The predicted octanol–water partition coefficient (Wildman–Crippen LogP) is 6.26. The van der Waals surface area contributed by atoms with E-state index in [4.69, 9.17) is 26.1 Å². The zero-order chi connectivity index (χ0) is 32.7. The number of ether oxygens (including phenoxy) is 2. The van der Waals surface area contributed by atoms with E-state index >= 15 is 0 Å². The van der Waals surface area contributed by atoms with E-state index in [1.165, 1.54) is 11.3 Å². The van der Waals surface area contributed by atoms with Crippen LogP contribution in [0.3, 0.4) is 0 Å². The summed E-state index contributed by atoms with van der Waals surface area (Å²) in [7, 11) is 3.13. The van der Waals surface area contributed by atoms with Gasteiger partial charge in [0.25, 0.3) is 11.5 Å². The first-order valence-electron chi connectivity index (χ1n) is 14.7. The summed E-state index contributed by atoms with van der Waals surface area (Å²) in [6.45, 7) is 7.81. The molecule has 3 aromatic carbocycles. The number of aryl methyl sites for hydroxylation is 2. The summed E-state index contributed by atoms with van der Waals surface area (Å²) in [5, 5.41) is 3.67. The standard InChI is InChI=1S/C36H33ClN4O4S/c1-20-12-13-26(18-29(20)37)40-21(2)16-24(23(40)4)17-31-35(43)41-33(28-15-14-27(44-5)19-30(28)45-6)32(22(3)38-36(41)46-31)34(42)39-25-10-8-7-9-11-25/h7-19,33H,1-6H3,(H,39,42)/b31-17-/t33-/m1/s1. The van der Waals surface area contributed by atoms with Crippen molar-refractivity contribution in [1.29, 1.82) is 0 Å². The second kappa shape index (κ2) is 12.5. The number of hydrogen-bond donors (Lipinski definition) is 1. The van der Waals surface area contributed by atoms with Gasteiger partial charge in [0, 0.05) is 39.4 Å². The van der Waals surface area contributed by atoms with Crippen molar-refractivity contribution in [2.24, 2.45) is 4.99 Å². The maximum atomic E-state index is 14.4. The van der Waals surface area contributed by atoms with E-state index in [-0.39, 0.29) is 11.5 Å². The number of nitrogens with zero attached hydrogens (tertiary/aromatic N) is 3. The number of hydrogen-bond acceptors (Lipinski definition) is 6. The Labute approximate surface area is 275 Å². The minimum atomic E-state index is -0.801. The second-order valence-electron chi connectivity index (χ2n) is 11.1.